The molecule has 0 amide bonds. The molecule has 0 saturated heterocycles. The Kier molecular flexibility index (Phi) is 3.85. The molecule has 1 N–H and O–H groups in total. The van der Waals surface area contributed by atoms with Gasteiger partial charge in [0.2, 0.25) is 0 Å². The van der Waals surface area contributed by atoms with Gasteiger partial charge in [-0.1, -0.05) is 0 Å². The minimum absolute atomic E-state index is 0.174. The van der Waals surface area contributed by atoms with Crippen molar-refractivity contribution in [2.45, 2.75) is 13.3 Å². The lowest BCUT2D eigenvalue weighted by Gasteiger charge is -2.08. The third-order valence-electron chi connectivity index (χ3n) is 2.81. The van der Waals surface area contributed by atoms with Gasteiger partial charge in [0.15, 0.2) is 0 Å². The minimum Gasteiger partial charge on any atom is -0.497 e. The van der Waals surface area contributed by atoms with Gasteiger partial charge in [0.1, 0.15) is 11.5 Å². The van der Waals surface area contributed by atoms with Crippen LogP contribution in [0.25, 0.3) is 0 Å². The van der Waals surface area contributed by atoms with Crippen LogP contribution in [0.1, 0.15) is 16.8 Å². The van der Waals surface area contributed by atoms with Gasteiger partial charge >= 0.3 is 0 Å². The van der Waals surface area contributed by atoms with Crippen LogP contribution in [-0.4, -0.2) is 24.4 Å². The Morgan fingerprint density at radius 3 is 2.32 bits per heavy atom. The maximum Gasteiger partial charge on any atom is 0.267 e. The van der Waals surface area contributed by atoms with E-state index in [2.05, 4.69) is 10.2 Å². The van der Waals surface area contributed by atoms with Crippen LogP contribution >= 0.6 is 0 Å². The third kappa shape index (κ3) is 3.13. The van der Waals surface area contributed by atoms with Crippen molar-refractivity contribution in [3.05, 3.63) is 51.4 Å². The first-order chi connectivity index (χ1) is 9.12. The SMILES string of the molecule is COc1cc(Cc2cc(C)n[nH]c2=O)cc(OC)c1. The molecule has 0 saturated carbocycles. The van der Waals surface area contributed by atoms with Crippen molar-refractivity contribution in [2.75, 3.05) is 14.2 Å². The van der Waals surface area contributed by atoms with Crippen molar-refractivity contribution in [2.24, 2.45) is 0 Å². The van der Waals surface area contributed by atoms with Crippen LogP contribution in [0.3, 0.4) is 0 Å². The van der Waals surface area contributed by atoms with Crippen LogP contribution in [0.4, 0.5) is 0 Å². The van der Waals surface area contributed by atoms with Crippen LogP contribution in [0, 0.1) is 6.92 Å². The van der Waals surface area contributed by atoms with Crippen LogP contribution in [-0.2, 0) is 6.42 Å². The number of aromatic nitrogens is 2. The lowest BCUT2D eigenvalue weighted by atomic mass is 10.1. The summed E-state index contributed by atoms with van der Waals surface area (Å²) < 4.78 is 10.4. The molecule has 1 heterocycles. The number of methoxy groups -OCH3 is 2. The number of rotatable bonds is 4. The molecule has 19 heavy (non-hydrogen) atoms. The highest BCUT2D eigenvalue weighted by Crippen LogP contribution is 2.23. The Morgan fingerprint density at radius 1 is 1.11 bits per heavy atom. The van der Waals surface area contributed by atoms with Crippen LogP contribution in [0.15, 0.2) is 29.1 Å². The maximum absolute atomic E-state index is 11.7. The third-order valence-corrected chi connectivity index (χ3v) is 2.81. The fourth-order valence-electron chi connectivity index (χ4n) is 1.88. The van der Waals surface area contributed by atoms with Gasteiger partial charge in [-0.15, -0.1) is 0 Å². The number of nitrogens with one attached hydrogen (secondary N) is 1. The van der Waals surface area contributed by atoms with Gasteiger partial charge in [0.25, 0.3) is 5.56 Å². The summed E-state index contributed by atoms with van der Waals surface area (Å²) >= 11 is 0. The molecule has 1 aromatic carbocycles. The van der Waals surface area contributed by atoms with Gasteiger partial charge < -0.3 is 9.47 Å². The molecule has 2 rings (SSSR count). The zero-order chi connectivity index (χ0) is 13.8. The van der Waals surface area contributed by atoms with E-state index in [1.54, 1.807) is 26.4 Å². The van der Waals surface area contributed by atoms with E-state index in [0.29, 0.717) is 23.5 Å². The minimum atomic E-state index is -0.174. The number of aromatic amines is 1. The van der Waals surface area contributed by atoms with Gasteiger partial charge in [0, 0.05) is 18.1 Å². The molecular weight excluding hydrogens is 244 g/mol. The molecule has 0 bridgehead atoms. The van der Waals surface area contributed by atoms with E-state index in [1.165, 1.54) is 0 Å². The van der Waals surface area contributed by atoms with Gasteiger partial charge in [-0.25, -0.2) is 5.10 Å². The second kappa shape index (κ2) is 5.56. The van der Waals surface area contributed by atoms with E-state index in [1.807, 2.05) is 19.1 Å². The average Bonchev–Trinajstić information content (AvgIpc) is 2.42. The highest BCUT2D eigenvalue weighted by Gasteiger charge is 2.06. The molecule has 0 spiro atoms. The van der Waals surface area contributed by atoms with Crippen molar-refractivity contribution >= 4 is 0 Å². The Bertz CT molecular complexity index is 613. The fourth-order valence-corrected chi connectivity index (χ4v) is 1.88. The quantitative estimate of drug-likeness (QED) is 0.908. The lowest BCUT2D eigenvalue weighted by molar-refractivity contribution is 0.393. The topological polar surface area (TPSA) is 64.2 Å². The number of aryl methyl sites for hydroxylation is 1. The van der Waals surface area contributed by atoms with E-state index in [9.17, 15) is 4.79 Å². The first kappa shape index (κ1) is 13.1. The second-order valence-electron chi connectivity index (χ2n) is 4.26. The normalized spacial score (nSPS) is 10.3. The van der Waals surface area contributed by atoms with E-state index < -0.39 is 0 Å². The Balaban J connectivity index is 2.37. The Labute approximate surface area is 111 Å². The van der Waals surface area contributed by atoms with Gasteiger partial charge in [-0.3, -0.25) is 4.79 Å². The molecule has 0 atom stereocenters. The van der Waals surface area contributed by atoms with E-state index >= 15 is 0 Å². The van der Waals surface area contributed by atoms with Crippen LogP contribution < -0.4 is 15.0 Å². The predicted molar refractivity (Wildman–Crippen MR) is 71.9 cm³/mol. The zero-order valence-electron chi connectivity index (χ0n) is 11.2. The highest BCUT2D eigenvalue weighted by atomic mass is 16.5. The number of benzene rings is 1. The standard InChI is InChI=1S/C14H16N2O3/c1-9-4-11(14(17)16-15-9)5-10-6-12(18-2)8-13(7-10)19-3/h4,6-8H,5H2,1-3H3,(H,16,17). The molecule has 0 fully saturated rings. The molecule has 5 nitrogen and oxygen atoms in total. The molecule has 0 aliphatic heterocycles. The maximum atomic E-state index is 11.7. The van der Waals surface area contributed by atoms with Crippen LogP contribution in [0.5, 0.6) is 11.5 Å². The number of ether oxygens (including phenoxy) is 2. The van der Waals surface area contributed by atoms with E-state index in [4.69, 9.17) is 9.47 Å². The molecule has 0 radical (unpaired) electrons. The van der Waals surface area contributed by atoms with Crippen molar-refractivity contribution < 1.29 is 9.47 Å². The van der Waals surface area contributed by atoms with Crippen molar-refractivity contribution in [3.8, 4) is 11.5 Å². The Hall–Kier alpha value is -2.30. The molecule has 0 aliphatic carbocycles. The average molecular weight is 260 g/mol. The molecule has 0 aliphatic rings. The summed E-state index contributed by atoms with van der Waals surface area (Å²) in [6.07, 6.45) is 0.506. The monoisotopic (exact) mass is 260 g/mol. The first-order valence-corrected chi connectivity index (χ1v) is 5.89. The highest BCUT2D eigenvalue weighted by molar-refractivity contribution is 5.40. The number of nitrogens with zero attached hydrogens (tertiary/aromatic N) is 1. The summed E-state index contributed by atoms with van der Waals surface area (Å²) in [5.74, 6) is 1.41. The molecule has 5 heteroatoms. The zero-order valence-corrected chi connectivity index (χ0v) is 11.2. The second-order valence-corrected chi connectivity index (χ2v) is 4.26. The van der Waals surface area contributed by atoms with E-state index in [0.717, 1.165) is 11.3 Å². The smallest absolute Gasteiger partial charge is 0.267 e. The largest absolute Gasteiger partial charge is 0.497 e. The number of H-pyrrole nitrogens is 1. The summed E-state index contributed by atoms with van der Waals surface area (Å²) in [5, 5.41) is 6.34. The van der Waals surface area contributed by atoms with E-state index in [-0.39, 0.29) is 5.56 Å². The number of hydrogen-bond donors (Lipinski definition) is 1. The summed E-state index contributed by atoms with van der Waals surface area (Å²) in [4.78, 5) is 11.7. The summed E-state index contributed by atoms with van der Waals surface area (Å²) in [5.41, 5.74) is 2.23. The van der Waals surface area contributed by atoms with Gasteiger partial charge in [0.05, 0.1) is 19.9 Å². The first-order valence-electron chi connectivity index (χ1n) is 5.89. The lowest BCUT2D eigenvalue weighted by Crippen LogP contribution is -2.15. The molecule has 100 valence electrons. The van der Waals surface area contributed by atoms with Gasteiger partial charge in [-0.2, -0.15) is 5.10 Å². The van der Waals surface area contributed by atoms with Crippen molar-refractivity contribution in [1.29, 1.82) is 0 Å². The number of hydrogen-bond acceptors (Lipinski definition) is 4. The molecule has 0 unspecified atom stereocenters. The molecule has 2 aromatic rings. The molecule has 1 aromatic heterocycles. The summed E-state index contributed by atoms with van der Waals surface area (Å²) in [7, 11) is 3.20. The van der Waals surface area contributed by atoms with Crippen LogP contribution in [0.2, 0.25) is 0 Å². The van der Waals surface area contributed by atoms with Crippen molar-refractivity contribution in [1.82, 2.24) is 10.2 Å². The van der Waals surface area contributed by atoms with Gasteiger partial charge in [-0.05, 0) is 30.7 Å². The summed E-state index contributed by atoms with van der Waals surface area (Å²) in [6.45, 7) is 1.84. The Morgan fingerprint density at radius 2 is 1.74 bits per heavy atom. The summed E-state index contributed by atoms with van der Waals surface area (Å²) in [6, 6.07) is 7.35. The van der Waals surface area contributed by atoms with Crippen molar-refractivity contribution in [3.63, 3.8) is 0 Å². The fraction of sp³-hybridized carbons (Fsp3) is 0.286. The molecular formula is C14H16N2O3. The predicted octanol–water partition coefficient (Wildman–Crippen LogP) is 1.69.